The van der Waals surface area contributed by atoms with Crippen molar-refractivity contribution in [2.24, 2.45) is 0 Å². The Labute approximate surface area is 44.7 Å². The molecule has 0 aliphatic carbocycles. The van der Waals surface area contributed by atoms with Crippen LogP contribution in [-0.2, 0) is 0 Å². The highest BCUT2D eigenvalue weighted by Gasteiger charge is 1.96. The minimum absolute atomic E-state index is 0.403. The highest BCUT2D eigenvalue weighted by Crippen LogP contribution is 1.99. The summed E-state index contributed by atoms with van der Waals surface area (Å²) in [6, 6.07) is 0. The van der Waals surface area contributed by atoms with Gasteiger partial charge in [-0.1, -0.05) is 19.1 Å². The summed E-state index contributed by atoms with van der Waals surface area (Å²) >= 11 is 0. The van der Waals surface area contributed by atoms with Crippen molar-refractivity contribution in [3.63, 3.8) is 0 Å². The van der Waals surface area contributed by atoms with E-state index in [1.54, 1.807) is 6.92 Å². The second kappa shape index (κ2) is 2.80. The highest BCUT2D eigenvalue weighted by atomic mass is 16.3. The first-order valence-corrected chi connectivity index (χ1v) is 2.31. The maximum Gasteiger partial charge on any atom is 0.0744 e. The van der Waals surface area contributed by atoms with Crippen molar-refractivity contribution in [3.05, 3.63) is 19.1 Å². The van der Waals surface area contributed by atoms with Gasteiger partial charge in [0, 0.05) is 0 Å². The molecule has 0 saturated heterocycles. The predicted octanol–water partition coefficient (Wildman–Crippen LogP) is 1.15. The Hall–Kier alpha value is -0.300. The summed E-state index contributed by atoms with van der Waals surface area (Å²) in [5.41, 5.74) is 0.787. The summed E-state index contributed by atoms with van der Waals surface area (Å²) in [4.78, 5) is 0. The SMILES string of the molecule is [CH2]CC(O)C(=C)C. The Kier molecular flexibility index (Phi) is 2.68. The lowest BCUT2D eigenvalue weighted by Gasteiger charge is -2.03. The second-order valence-electron chi connectivity index (χ2n) is 1.65. The number of rotatable bonds is 2. The molecule has 1 nitrogen and oxygen atoms in total. The molecule has 0 heterocycles. The zero-order chi connectivity index (χ0) is 5.86. The molecule has 1 heteroatoms. The van der Waals surface area contributed by atoms with E-state index in [1.807, 2.05) is 0 Å². The summed E-state index contributed by atoms with van der Waals surface area (Å²) in [5, 5.41) is 8.77. The molecule has 0 aliphatic rings. The monoisotopic (exact) mass is 99.1 g/mol. The van der Waals surface area contributed by atoms with Crippen LogP contribution in [0.5, 0.6) is 0 Å². The number of hydrogen-bond acceptors (Lipinski definition) is 1. The van der Waals surface area contributed by atoms with Gasteiger partial charge < -0.3 is 5.11 Å². The molecule has 41 valence electrons. The highest BCUT2D eigenvalue weighted by molar-refractivity contribution is 4.96. The summed E-state index contributed by atoms with van der Waals surface area (Å²) in [5.74, 6) is 0. The third-order valence-electron chi connectivity index (χ3n) is 0.842. The van der Waals surface area contributed by atoms with E-state index < -0.39 is 6.10 Å². The fraction of sp³-hybridized carbons (Fsp3) is 0.500. The molecule has 0 aliphatic heterocycles. The van der Waals surface area contributed by atoms with E-state index in [2.05, 4.69) is 13.5 Å². The van der Waals surface area contributed by atoms with Gasteiger partial charge >= 0.3 is 0 Å². The number of aliphatic hydroxyl groups excluding tert-OH is 1. The van der Waals surface area contributed by atoms with Crippen LogP contribution in [0.2, 0.25) is 0 Å². The third kappa shape index (κ3) is 2.40. The van der Waals surface area contributed by atoms with E-state index in [0.29, 0.717) is 6.42 Å². The van der Waals surface area contributed by atoms with E-state index in [-0.39, 0.29) is 0 Å². The Morgan fingerprint density at radius 3 is 2.29 bits per heavy atom. The van der Waals surface area contributed by atoms with Crippen molar-refractivity contribution < 1.29 is 5.11 Å². The lowest BCUT2D eigenvalue weighted by atomic mass is 10.1. The Balaban J connectivity index is 3.34. The van der Waals surface area contributed by atoms with Crippen molar-refractivity contribution >= 4 is 0 Å². The van der Waals surface area contributed by atoms with Gasteiger partial charge in [-0.05, 0) is 13.3 Å². The first kappa shape index (κ1) is 6.70. The molecule has 1 radical (unpaired) electrons. The number of hydrogen-bond donors (Lipinski definition) is 1. The number of aliphatic hydroxyl groups is 1. The van der Waals surface area contributed by atoms with Gasteiger partial charge in [0.25, 0.3) is 0 Å². The summed E-state index contributed by atoms with van der Waals surface area (Å²) < 4.78 is 0. The van der Waals surface area contributed by atoms with E-state index in [0.717, 1.165) is 5.57 Å². The lowest BCUT2D eigenvalue weighted by molar-refractivity contribution is 0.214. The van der Waals surface area contributed by atoms with Crippen LogP contribution in [0.25, 0.3) is 0 Å². The smallest absolute Gasteiger partial charge is 0.0744 e. The van der Waals surface area contributed by atoms with Gasteiger partial charge in [-0.2, -0.15) is 0 Å². The van der Waals surface area contributed by atoms with Crippen molar-refractivity contribution in [3.8, 4) is 0 Å². The zero-order valence-corrected chi connectivity index (χ0v) is 4.65. The molecule has 0 aromatic rings. The fourth-order valence-electron chi connectivity index (χ4n) is 0.246. The average molecular weight is 99.2 g/mol. The van der Waals surface area contributed by atoms with Crippen LogP contribution in [0, 0.1) is 6.92 Å². The van der Waals surface area contributed by atoms with Crippen molar-refractivity contribution in [1.82, 2.24) is 0 Å². The summed E-state index contributed by atoms with van der Waals surface area (Å²) in [6.45, 7) is 8.82. The molecule has 0 amide bonds. The molecule has 7 heavy (non-hydrogen) atoms. The summed E-state index contributed by atoms with van der Waals surface area (Å²) in [7, 11) is 0. The van der Waals surface area contributed by atoms with E-state index >= 15 is 0 Å². The van der Waals surface area contributed by atoms with E-state index in [9.17, 15) is 0 Å². The van der Waals surface area contributed by atoms with Gasteiger partial charge in [-0.15, -0.1) is 0 Å². The largest absolute Gasteiger partial charge is 0.389 e. The molecular weight excluding hydrogens is 88.1 g/mol. The van der Waals surface area contributed by atoms with Crippen molar-refractivity contribution in [1.29, 1.82) is 0 Å². The van der Waals surface area contributed by atoms with Crippen LogP contribution in [0.4, 0.5) is 0 Å². The molecular formula is C6H11O. The fourth-order valence-corrected chi connectivity index (χ4v) is 0.246. The van der Waals surface area contributed by atoms with Crippen LogP contribution in [0.1, 0.15) is 13.3 Å². The van der Waals surface area contributed by atoms with Crippen molar-refractivity contribution in [2.75, 3.05) is 0 Å². The first-order chi connectivity index (χ1) is 3.18. The second-order valence-corrected chi connectivity index (χ2v) is 1.65. The van der Waals surface area contributed by atoms with Gasteiger partial charge in [-0.25, -0.2) is 0 Å². The molecule has 0 bridgehead atoms. The van der Waals surface area contributed by atoms with E-state index in [1.165, 1.54) is 0 Å². The average Bonchev–Trinajstić information content (AvgIpc) is 1.65. The van der Waals surface area contributed by atoms with Gasteiger partial charge in [0.1, 0.15) is 0 Å². The molecule has 1 N–H and O–H groups in total. The molecule has 0 spiro atoms. The predicted molar refractivity (Wildman–Crippen MR) is 30.8 cm³/mol. The zero-order valence-electron chi connectivity index (χ0n) is 4.65. The molecule has 0 fully saturated rings. The Morgan fingerprint density at radius 1 is 1.86 bits per heavy atom. The third-order valence-corrected chi connectivity index (χ3v) is 0.842. The van der Waals surface area contributed by atoms with Gasteiger partial charge in [0.2, 0.25) is 0 Å². The topological polar surface area (TPSA) is 20.2 Å². The Morgan fingerprint density at radius 2 is 2.29 bits per heavy atom. The molecule has 0 aromatic heterocycles. The van der Waals surface area contributed by atoms with E-state index in [4.69, 9.17) is 5.11 Å². The standard InChI is InChI=1S/C6H11O/c1-4-6(7)5(2)3/h6-7H,1-2,4H2,3H3. The summed E-state index contributed by atoms with van der Waals surface area (Å²) in [6.07, 6.45) is 0.120. The molecule has 0 saturated carbocycles. The minimum Gasteiger partial charge on any atom is -0.389 e. The van der Waals surface area contributed by atoms with Crippen LogP contribution in [0.15, 0.2) is 12.2 Å². The van der Waals surface area contributed by atoms with Crippen LogP contribution in [0.3, 0.4) is 0 Å². The molecule has 1 unspecified atom stereocenters. The van der Waals surface area contributed by atoms with Crippen LogP contribution >= 0.6 is 0 Å². The van der Waals surface area contributed by atoms with Crippen LogP contribution < -0.4 is 0 Å². The normalized spacial score (nSPS) is 13.6. The maximum atomic E-state index is 8.77. The maximum absolute atomic E-state index is 8.77. The van der Waals surface area contributed by atoms with Gasteiger partial charge in [-0.3, -0.25) is 0 Å². The minimum atomic E-state index is -0.403. The van der Waals surface area contributed by atoms with Gasteiger partial charge in [0.05, 0.1) is 6.10 Å². The lowest BCUT2D eigenvalue weighted by Crippen LogP contribution is -2.03. The molecule has 0 aromatic carbocycles. The molecule has 1 atom stereocenters. The van der Waals surface area contributed by atoms with Gasteiger partial charge in [0.15, 0.2) is 0 Å². The molecule has 0 rings (SSSR count). The quantitative estimate of drug-likeness (QED) is 0.515. The Bertz CT molecular complexity index is 66.6. The van der Waals surface area contributed by atoms with Crippen molar-refractivity contribution in [2.45, 2.75) is 19.4 Å². The first-order valence-electron chi connectivity index (χ1n) is 2.31. The van der Waals surface area contributed by atoms with Crippen LogP contribution in [-0.4, -0.2) is 11.2 Å².